The summed E-state index contributed by atoms with van der Waals surface area (Å²) in [4.78, 5) is 10.9. The molecular formula is C16H14O5. The van der Waals surface area contributed by atoms with Crippen molar-refractivity contribution in [3.63, 3.8) is 0 Å². The molecule has 21 heavy (non-hydrogen) atoms. The van der Waals surface area contributed by atoms with Gasteiger partial charge in [0.25, 0.3) is 0 Å². The summed E-state index contributed by atoms with van der Waals surface area (Å²) in [7, 11) is 0. The molecule has 0 atom stereocenters. The van der Waals surface area contributed by atoms with Gasteiger partial charge in [0.15, 0.2) is 11.5 Å². The highest BCUT2D eigenvalue weighted by Crippen LogP contribution is 2.32. The van der Waals surface area contributed by atoms with E-state index in [-0.39, 0.29) is 12.4 Å². The molecule has 0 saturated carbocycles. The second kappa shape index (κ2) is 5.75. The van der Waals surface area contributed by atoms with Gasteiger partial charge in [0, 0.05) is 6.42 Å². The van der Waals surface area contributed by atoms with E-state index in [1.165, 1.54) is 12.1 Å². The van der Waals surface area contributed by atoms with E-state index in [1.54, 1.807) is 12.1 Å². The van der Waals surface area contributed by atoms with E-state index in [4.69, 9.17) is 19.3 Å². The van der Waals surface area contributed by atoms with Gasteiger partial charge in [-0.3, -0.25) is 0 Å². The van der Waals surface area contributed by atoms with Gasteiger partial charge in [-0.2, -0.15) is 0 Å². The molecule has 0 radical (unpaired) electrons. The number of carboxylic acid groups (broad SMARTS) is 1. The smallest absolute Gasteiger partial charge is 0.335 e. The van der Waals surface area contributed by atoms with E-state index < -0.39 is 5.97 Å². The van der Waals surface area contributed by atoms with Crippen LogP contribution in [-0.2, 0) is 6.42 Å². The summed E-state index contributed by atoms with van der Waals surface area (Å²) in [5.74, 6) is 1.10. The second-order valence-corrected chi connectivity index (χ2v) is 4.62. The number of benzene rings is 2. The van der Waals surface area contributed by atoms with Crippen LogP contribution in [-0.4, -0.2) is 24.5 Å². The normalized spacial score (nSPS) is 12.2. The number of fused-ring (bicyclic) bond motifs is 1. The first-order valence-corrected chi connectivity index (χ1v) is 6.57. The van der Waals surface area contributed by atoms with Crippen molar-refractivity contribution in [2.24, 2.45) is 0 Å². The number of hydrogen-bond donors (Lipinski definition) is 1. The van der Waals surface area contributed by atoms with Crippen LogP contribution in [0.15, 0.2) is 42.5 Å². The number of ether oxygens (including phenoxy) is 3. The zero-order valence-corrected chi connectivity index (χ0v) is 11.2. The van der Waals surface area contributed by atoms with Crippen LogP contribution in [0.5, 0.6) is 17.2 Å². The minimum atomic E-state index is -0.962. The molecule has 1 aliphatic heterocycles. The molecular weight excluding hydrogens is 272 g/mol. The molecule has 0 unspecified atom stereocenters. The highest BCUT2D eigenvalue weighted by atomic mass is 16.7. The first-order chi connectivity index (χ1) is 10.2. The number of carbonyl (C=O) groups is 1. The van der Waals surface area contributed by atoms with Crippen molar-refractivity contribution >= 4 is 5.97 Å². The van der Waals surface area contributed by atoms with Crippen molar-refractivity contribution in [3.05, 3.63) is 53.6 Å². The van der Waals surface area contributed by atoms with Crippen LogP contribution in [0, 0.1) is 0 Å². The van der Waals surface area contributed by atoms with Crippen LogP contribution >= 0.6 is 0 Å². The first kappa shape index (κ1) is 13.3. The molecule has 0 amide bonds. The van der Waals surface area contributed by atoms with Crippen LogP contribution in [0.1, 0.15) is 15.9 Å². The average Bonchev–Trinajstić information content (AvgIpc) is 2.95. The van der Waals surface area contributed by atoms with Gasteiger partial charge in [-0.1, -0.05) is 12.1 Å². The summed E-state index contributed by atoms with van der Waals surface area (Å²) in [6, 6.07) is 12.2. The van der Waals surface area contributed by atoms with E-state index in [0.29, 0.717) is 18.8 Å². The summed E-state index contributed by atoms with van der Waals surface area (Å²) in [6.45, 7) is 0.722. The number of rotatable bonds is 5. The summed E-state index contributed by atoms with van der Waals surface area (Å²) in [6.07, 6.45) is 0.702. The minimum absolute atomic E-state index is 0.218. The van der Waals surface area contributed by atoms with Gasteiger partial charge in [0.1, 0.15) is 5.75 Å². The molecule has 0 aromatic heterocycles. The summed E-state index contributed by atoms with van der Waals surface area (Å²) in [5, 5.41) is 8.92. The van der Waals surface area contributed by atoms with Gasteiger partial charge >= 0.3 is 5.97 Å². The van der Waals surface area contributed by atoms with Crippen LogP contribution in [0.2, 0.25) is 0 Å². The maximum atomic E-state index is 10.9. The SMILES string of the molecule is O=C(O)c1cccc(OCCc2ccc3c(c2)OCO3)c1. The summed E-state index contributed by atoms with van der Waals surface area (Å²) >= 11 is 0. The lowest BCUT2D eigenvalue weighted by Crippen LogP contribution is -2.03. The molecule has 0 saturated heterocycles. The topological polar surface area (TPSA) is 65.0 Å². The third kappa shape index (κ3) is 3.08. The molecule has 2 aromatic carbocycles. The molecule has 0 fully saturated rings. The molecule has 5 nitrogen and oxygen atoms in total. The minimum Gasteiger partial charge on any atom is -0.493 e. The van der Waals surface area contributed by atoms with Crippen molar-refractivity contribution in [2.75, 3.05) is 13.4 Å². The molecule has 3 rings (SSSR count). The van der Waals surface area contributed by atoms with Crippen LogP contribution in [0.4, 0.5) is 0 Å². The summed E-state index contributed by atoms with van der Waals surface area (Å²) < 4.78 is 16.2. The predicted octanol–water partition coefficient (Wildman–Crippen LogP) is 2.74. The van der Waals surface area contributed by atoms with Gasteiger partial charge in [-0.15, -0.1) is 0 Å². The van der Waals surface area contributed by atoms with Crippen LogP contribution in [0.25, 0.3) is 0 Å². The highest BCUT2D eigenvalue weighted by Gasteiger charge is 2.13. The zero-order chi connectivity index (χ0) is 14.7. The van der Waals surface area contributed by atoms with Gasteiger partial charge < -0.3 is 19.3 Å². The molecule has 1 aliphatic rings. The van der Waals surface area contributed by atoms with E-state index in [0.717, 1.165) is 17.1 Å². The predicted molar refractivity (Wildman–Crippen MR) is 75.2 cm³/mol. The van der Waals surface area contributed by atoms with Crippen molar-refractivity contribution in [2.45, 2.75) is 6.42 Å². The Morgan fingerprint density at radius 2 is 2.00 bits per heavy atom. The highest BCUT2D eigenvalue weighted by molar-refractivity contribution is 5.87. The molecule has 1 heterocycles. The van der Waals surface area contributed by atoms with E-state index in [2.05, 4.69) is 0 Å². The zero-order valence-electron chi connectivity index (χ0n) is 11.2. The van der Waals surface area contributed by atoms with E-state index in [9.17, 15) is 4.79 Å². The van der Waals surface area contributed by atoms with Gasteiger partial charge in [-0.05, 0) is 35.9 Å². The Bertz CT molecular complexity index is 665. The number of carboxylic acids is 1. The molecule has 1 N–H and O–H groups in total. The number of hydrogen-bond acceptors (Lipinski definition) is 4. The molecule has 108 valence electrons. The number of aromatic carboxylic acids is 1. The van der Waals surface area contributed by atoms with Gasteiger partial charge in [0.05, 0.1) is 12.2 Å². The molecule has 2 aromatic rings. The fourth-order valence-corrected chi connectivity index (χ4v) is 2.10. The van der Waals surface area contributed by atoms with Crippen molar-refractivity contribution in [1.29, 1.82) is 0 Å². The molecule has 0 aliphatic carbocycles. The maximum Gasteiger partial charge on any atom is 0.335 e. The Kier molecular flexibility index (Phi) is 3.64. The largest absolute Gasteiger partial charge is 0.493 e. The van der Waals surface area contributed by atoms with Crippen LogP contribution < -0.4 is 14.2 Å². The maximum absolute atomic E-state index is 10.9. The van der Waals surface area contributed by atoms with Gasteiger partial charge in [-0.25, -0.2) is 4.79 Å². The van der Waals surface area contributed by atoms with Crippen molar-refractivity contribution < 1.29 is 24.1 Å². The third-order valence-electron chi connectivity index (χ3n) is 3.18. The Morgan fingerprint density at radius 3 is 2.86 bits per heavy atom. The Morgan fingerprint density at radius 1 is 1.14 bits per heavy atom. The lowest BCUT2D eigenvalue weighted by molar-refractivity contribution is 0.0696. The first-order valence-electron chi connectivity index (χ1n) is 6.57. The fraction of sp³-hybridized carbons (Fsp3) is 0.188. The molecule has 0 bridgehead atoms. The van der Waals surface area contributed by atoms with E-state index >= 15 is 0 Å². The standard InChI is InChI=1S/C16H14O5/c17-16(18)12-2-1-3-13(9-12)19-7-6-11-4-5-14-15(8-11)21-10-20-14/h1-5,8-9H,6-7,10H2,(H,17,18). The average molecular weight is 286 g/mol. The van der Waals surface area contributed by atoms with Gasteiger partial charge in [0.2, 0.25) is 6.79 Å². The lowest BCUT2D eigenvalue weighted by Gasteiger charge is -2.07. The monoisotopic (exact) mass is 286 g/mol. The third-order valence-corrected chi connectivity index (χ3v) is 3.18. The second-order valence-electron chi connectivity index (χ2n) is 4.62. The fourth-order valence-electron chi connectivity index (χ4n) is 2.10. The quantitative estimate of drug-likeness (QED) is 0.915. The molecule has 0 spiro atoms. The molecule has 5 heteroatoms. The Balaban J connectivity index is 1.59. The lowest BCUT2D eigenvalue weighted by atomic mass is 10.1. The van der Waals surface area contributed by atoms with Crippen molar-refractivity contribution in [3.8, 4) is 17.2 Å². The summed E-state index contributed by atoms with van der Waals surface area (Å²) in [5.41, 5.74) is 1.30. The van der Waals surface area contributed by atoms with Crippen LogP contribution in [0.3, 0.4) is 0 Å². The van der Waals surface area contributed by atoms with E-state index in [1.807, 2.05) is 18.2 Å². The Hall–Kier alpha value is -2.69. The van der Waals surface area contributed by atoms with Crippen molar-refractivity contribution in [1.82, 2.24) is 0 Å². The Labute approximate surface area is 121 Å².